The molecule has 68 valence electrons. The van der Waals surface area contributed by atoms with Gasteiger partial charge >= 0.3 is 0 Å². The summed E-state index contributed by atoms with van der Waals surface area (Å²) in [5.74, 6) is 1.05. The molecule has 3 N–H and O–H groups in total. The minimum Gasteiger partial charge on any atom is -0.398 e. The normalized spacial score (nSPS) is 15.2. The molecule has 3 nitrogen and oxygen atoms in total. The molecule has 0 aromatic heterocycles. The lowest BCUT2D eigenvalue weighted by atomic mass is 10.1. The van der Waals surface area contributed by atoms with Gasteiger partial charge < -0.3 is 11.1 Å². The van der Waals surface area contributed by atoms with E-state index in [4.69, 9.17) is 5.73 Å². The maximum Gasteiger partial charge on any atom is 0.101 e. The number of nitrogens with zero attached hydrogens (tertiary/aromatic N) is 1. The summed E-state index contributed by atoms with van der Waals surface area (Å²) in [6.45, 7) is 1.85. The quantitative estimate of drug-likeness (QED) is 0.654. The first-order chi connectivity index (χ1) is 6.36. The van der Waals surface area contributed by atoms with E-state index in [1.54, 1.807) is 0 Å². The highest BCUT2D eigenvalue weighted by Gasteiger charge is 2.06. The summed E-state index contributed by atoms with van der Waals surface area (Å²) in [6, 6.07) is 7.91. The Morgan fingerprint density at radius 1 is 1.38 bits per heavy atom. The van der Waals surface area contributed by atoms with Crippen LogP contribution in [0.1, 0.15) is 5.56 Å². The van der Waals surface area contributed by atoms with Crippen LogP contribution in [-0.4, -0.2) is 18.9 Å². The monoisotopic (exact) mass is 175 g/mol. The van der Waals surface area contributed by atoms with Crippen LogP contribution in [0.25, 0.3) is 0 Å². The van der Waals surface area contributed by atoms with Crippen LogP contribution in [0.15, 0.2) is 29.3 Å². The Balaban J connectivity index is 2.13. The molecule has 0 radical (unpaired) electrons. The molecule has 0 bridgehead atoms. The van der Waals surface area contributed by atoms with Crippen molar-refractivity contribution < 1.29 is 0 Å². The van der Waals surface area contributed by atoms with E-state index in [1.807, 2.05) is 24.3 Å². The number of aliphatic imine (C=N–C) groups is 1. The van der Waals surface area contributed by atoms with E-state index < -0.39 is 0 Å². The van der Waals surface area contributed by atoms with Crippen molar-refractivity contribution in [1.29, 1.82) is 0 Å². The van der Waals surface area contributed by atoms with Crippen molar-refractivity contribution in [1.82, 2.24) is 5.32 Å². The number of anilines is 1. The molecule has 1 heterocycles. The van der Waals surface area contributed by atoms with Gasteiger partial charge in [-0.1, -0.05) is 18.2 Å². The Bertz CT molecular complexity index is 331. The van der Waals surface area contributed by atoms with E-state index in [0.717, 1.165) is 36.6 Å². The minimum atomic E-state index is 0.826. The van der Waals surface area contributed by atoms with Crippen LogP contribution < -0.4 is 11.1 Å². The molecular weight excluding hydrogens is 162 g/mol. The van der Waals surface area contributed by atoms with Crippen LogP contribution in [0, 0.1) is 0 Å². The molecule has 0 aliphatic carbocycles. The number of rotatable bonds is 2. The summed E-state index contributed by atoms with van der Waals surface area (Å²) in [4.78, 5) is 4.32. The zero-order valence-corrected chi connectivity index (χ0v) is 7.46. The van der Waals surface area contributed by atoms with Crippen molar-refractivity contribution in [2.75, 3.05) is 18.8 Å². The van der Waals surface area contributed by atoms with Gasteiger partial charge in [-0.05, 0) is 11.6 Å². The molecule has 0 spiro atoms. The van der Waals surface area contributed by atoms with Crippen molar-refractivity contribution in [3.63, 3.8) is 0 Å². The maximum atomic E-state index is 5.82. The number of nitrogen functional groups attached to an aromatic ring is 1. The second-order valence-corrected chi connectivity index (χ2v) is 3.13. The molecule has 0 saturated carbocycles. The van der Waals surface area contributed by atoms with Crippen LogP contribution in [-0.2, 0) is 6.42 Å². The van der Waals surface area contributed by atoms with E-state index in [-0.39, 0.29) is 0 Å². The lowest BCUT2D eigenvalue weighted by molar-refractivity contribution is 0.953. The van der Waals surface area contributed by atoms with Crippen molar-refractivity contribution in [3.8, 4) is 0 Å². The second-order valence-electron chi connectivity index (χ2n) is 3.13. The number of hydrogen-bond acceptors (Lipinski definition) is 3. The molecule has 1 aliphatic heterocycles. The molecule has 1 aromatic rings. The number of benzene rings is 1. The first kappa shape index (κ1) is 8.10. The van der Waals surface area contributed by atoms with Gasteiger partial charge in [0.1, 0.15) is 5.84 Å². The summed E-state index contributed by atoms with van der Waals surface area (Å²) in [7, 11) is 0. The van der Waals surface area contributed by atoms with Crippen molar-refractivity contribution in [2.24, 2.45) is 4.99 Å². The Morgan fingerprint density at radius 2 is 2.23 bits per heavy atom. The third-order valence-electron chi connectivity index (χ3n) is 2.16. The van der Waals surface area contributed by atoms with Gasteiger partial charge in [-0.25, -0.2) is 0 Å². The topological polar surface area (TPSA) is 50.4 Å². The third kappa shape index (κ3) is 1.80. The summed E-state index contributed by atoms with van der Waals surface area (Å²) < 4.78 is 0. The van der Waals surface area contributed by atoms with Crippen molar-refractivity contribution in [2.45, 2.75) is 6.42 Å². The summed E-state index contributed by atoms with van der Waals surface area (Å²) in [5.41, 5.74) is 7.81. The molecule has 3 heteroatoms. The van der Waals surface area contributed by atoms with Gasteiger partial charge in [0.2, 0.25) is 0 Å². The lowest BCUT2D eigenvalue weighted by Crippen LogP contribution is -2.20. The highest BCUT2D eigenvalue weighted by molar-refractivity contribution is 5.86. The fourth-order valence-corrected chi connectivity index (χ4v) is 1.44. The van der Waals surface area contributed by atoms with Crippen LogP contribution in [0.2, 0.25) is 0 Å². The number of nitrogens with one attached hydrogen (secondary N) is 1. The highest BCUT2D eigenvalue weighted by Crippen LogP contribution is 2.11. The summed E-state index contributed by atoms with van der Waals surface area (Å²) in [5, 5.41) is 3.23. The van der Waals surface area contributed by atoms with Crippen LogP contribution in [0.5, 0.6) is 0 Å². The van der Waals surface area contributed by atoms with Gasteiger partial charge in [-0.3, -0.25) is 4.99 Å². The molecular formula is C10H13N3. The van der Waals surface area contributed by atoms with Gasteiger partial charge in [0.25, 0.3) is 0 Å². The molecule has 0 saturated heterocycles. The van der Waals surface area contributed by atoms with Gasteiger partial charge in [0.15, 0.2) is 0 Å². The Hall–Kier alpha value is -1.51. The Morgan fingerprint density at radius 3 is 2.92 bits per heavy atom. The lowest BCUT2D eigenvalue weighted by Gasteiger charge is -2.05. The molecule has 1 aromatic carbocycles. The molecule has 0 atom stereocenters. The molecule has 2 rings (SSSR count). The third-order valence-corrected chi connectivity index (χ3v) is 2.16. The fourth-order valence-electron chi connectivity index (χ4n) is 1.44. The Kier molecular flexibility index (Phi) is 2.17. The smallest absolute Gasteiger partial charge is 0.101 e. The average Bonchev–Trinajstić information content (AvgIpc) is 2.61. The van der Waals surface area contributed by atoms with E-state index in [1.165, 1.54) is 0 Å². The zero-order valence-electron chi connectivity index (χ0n) is 7.46. The first-order valence-corrected chi connectivity index (χ1v) is 4.47. The van der Waals surface area contributed by atoms with E-state index in [0.29, 0.717) is 0 Å². The predicted molar refractivity (Wildman–Crippen MR) is 54.9 cm³/mol. The van der Waals surface area contributed by atoms with Gasteiger partial charge in [0.05, 0.1) is 6.54 Å². The van der Waals surface area contributed by atoms with Crippen LogP contribution >= 0.6 is 0 Å². The Labute approximate surface area is 77.7 Å². The fraction of sp³-hybridized carbons (Fsp3) is 0.300. The van der Waals surface area contributed by atoms with Crippen LogP contribution in [0.4, 0.5) is 5.69 Å². The largest absolute Gasteiger partial charge is 0.398 e. The van der Waals surface area contributed by atoms with Crippen molar-refractivity contribution in [3.05, 3.63) is 29.8 Å². The SMILES string of the molecule is Nc1ccccc1CC1=NCCN1. The molecule has 0 amide bonds. The highest BCUT2D eigenvalue weighted by atomic mass is 15.1. The number of para-hydroxylation sites is 1. The van der Waals surface area contributed by atoms with Crippen LogP contribution in [0.3, 0.4) is 0 Å². The van der Waals surface area contributed by atoms with Gasteiger partial charge in [-0.15, -0.1) is 0 Å². The predicted octanol–water partition coefficient (Wildman–Crippen LogP) is 0.813. The summed E-state index contributed by atoms with van der Waals surface area (Å²) >= 11 is 0. The second kappa shape index (κ2) is 3.47. The minimum absolute atomic E-state index is 0.826. The molecule has 0 fully saturated rings. The molecule has 1 aliphatic rings. The van der Waals surface area contributed by atoms with Gasteiger partial charge in [0, 0.05) is 18.7 Å². The first-order valence-electron chi connectivity index (χ1n) is 4.47. The standard InChI is InChI=1S/C10H13N3/c11-9-4-2-1-3-8(9)7-10-12-5-6-13-10/h1-4H,5-7,11H2,(H,12,13). The summed E-state index contributed by atoms with van der Waals surface area (Å²) in [6.07, 6.45) is 0.826. The zero-order chi connectivity index (χ0) is 9.10. The average molecular weight is 175 g/mol. The molecule has 0 unspecified atom stereocenters. The van der Waals surface area contributed by atoms with Gasteiger partial charge in [-0.2, -0.15) is 0 Å². The van der Waals surface area contributed by atoms with E-state index in [2.05, 4.69) is 10.3 Å². The number of amidine groups is 1. The maximum absolute atomic E-state index is 5.82. The molecule has 13 heavy (non-hydrogen) atoms. The van der Waals surface area contributed by atoms with Crippen molar-refractivity contribution >= 4 is 11.5 Å². The van der Waals surface area contributed by atoms with E-state index >= 15 is 0 Å². The number of nitrogens with two attached hydrogens (primary N) is 1. The van der Waals surface area contributed by atoms with E-state index in [9.17, 15) is 0 Å². The number of hydrogen-bond donors (Lipinski definition) is 2.